The minimum Gasteiger partial charge on any atom is -0.0998 e. The van der Waals surface area contributed by atoms with Crippen LogP contribution in [0.4, 0.5) is 0 Å². The minimum absolute atomic E-state index is 0.516. The summed E-state index contributed by atoms with van der Waals surface area (Å²) in [6, 6.07) is 0. The van der Waals surface area contributed by atoms with Gasteiger partial charge in [-0.05, 0) is 43.9 Å². The molecule has 0 saturated heterocycles. The Morgan fingerprint density at radius 1 is 1.38 bits per heavy atom. The zero-order chi connectivity index (χ0) is 9.47. The van der Waals surface area contributed by atoms with Gasteiger partial charge in [-0.3, -0.25) is 0 Å². The third-order valence-electron chi connectivity index (χ3n) is 3.98. The van der Waals surface area contributed by atoms with Crippen LogP contribution in [-0.4, -0.2) is 0 Å². The zero-order valence-corrected chi connectivity index (χ0v) is 8.73. The van der Waals surface area contributed by atoms with Crippen LogP contribution < -0.4 is 0 Å². The third kappa shape index (κ3) is 1.37. The molecule has 2 aliphatic rings. The maximum atomic E-state index is 4.28. The Hall–Kier alpha value is -0.520. The van der Waals surface area contributed by atoms with Gasteiger partial charge in [0.05, 0.1) is 0 Å². The van der Waals surface area contributed by atoms with E-state index in [1.54, 1.807) is 0 Å². The van der Waals surface area contributed by atoms with Gasteiger partial charge in [-0.1, -0.05) is 37.1 Å². The Morgan fingerprint density at radius 2 is 2.15 bits per heavy atom. The molecule has 0 heterocycles. The summed E-state index contributed by atoms with van der Waals surface area (Å²) in [6.45, 7) is 10.5. The van der Waals surface area contributed by atoms with E-state index < -0.39 is 0 Å². The molecular weight excluding hydrogens is 156 g/mol. The van der Waals surface area contributed by atoms with Gasteiger partial charge in [-0.25, -0.2) is 0 Å². The molecule has 2 aliphatic carbocycles. The molecule has 0 N–H and O–H groups in total. The van der Waals surface area contributed by atoms with E-state index in [1.807, 2.05) is 0 Å². The Bertz CT molecular complexity index is 249. The predicted octanol–water partition coefficient (Wildman–Crippen LogP) is 4.09. The number of hydrogen-bond donors (Lipinski definition) is 0. The number of allylic oxidation sites excluding steroid dienone is 2. The van der Waals surface area contributed by atoms with E-state index >= 15 is 0 Å². The van der Waals surface area contributed by atoms with Crippen molar-refractivity contribution in [3.63, 3.8) is 0 Å². The van der Waals surface area contributed by atoms with Crippen molar-refractivity contribution in [2.45, 2.75) is 45.4 Å². The smallest absolute Gasteiger partial charge is 0.00193 e. The van der Waals surface area contributed by atoms with Crippen molar-refractivity contribution in [2.24, 2.45) is 11.3 Å². The fourth-order valence-corrected chi connectivity index (χ4v) is 3.00. The molecule has 2 atom stereocenters. The summed E-state index contributed by atoms with van der Waals surface area (Å²) >= 11 is 0. The highest BCUT2D eigenvalue weighted by Gasteiger charge is 2.55. The average Bonchev–Trinajstić information content (AvgIpc) is 2.81. The first-order chi connectivity index (χ1) is 6.17. The molecule has 0 aliphatic heterocycles. The maximum Gasteiger partial charge on any atom is -0.00193 e. The first kappa shape index (κ1) is 9.05. The lowest BCUT2D eigenvalue weighted by Crippen LogP contribution is -2.05. The second kappa shape index (κ2) is 3.01. The van der Waals surface area contributed by atoms with Crippen LogP contribution in [-0.2, 0) is 0 Å². The van der Waals surface area contributed by atoms with Crippen molar-refractivity contribution in [1.82, 2.24) is 0 Å². The van der Waals surface area contributed by atoms with Gasteiger partial charge in [-0.15, -0.1) is 0 Å². The molecule has 0 amide bonds. The van der Waals surface area contributed by atoms with E-state index in [-0.39, 0.29) is 0 Å². The van der Waals surface area contributed by atoms with Gasteiger partial charge in [0, 0.05) is 0 Å². The Balaban J connectivity index is 2.13. The molecule has 0 aromatic heterocycles. The van der Waals surface area contributed by atoms with Crippen LogP contribution in [0.2, 0.25) is 0 Å². The molecular formula is C13H20. The molecule has 72 valence electrons. The normalized spacial score (nSPS) is 38.8. The van der Waals surface area contributed by atoms with E-state index in [0.717, 1.165) is 5.92 Å². The summed E-state index contributed by atoms with van der Waals surface area (Å²) in [7, 11) is 0. The molecule has 0 heteroatoms. The lowest BCUT2D eigenvalue weighted by molar-refractivity contribution is 0.505. The van der Waals surface area contributed by atoms with Crippen molar-refractivity contribution >= 4 is 0 Å². The van der Waals surface area contributed by atoms with Gasteiger partial charge in [0.25, 0.3) is 0 Å². The molecule has 0 aromatic rings. The predicted molar refractivity (Wildman–Crippen MR) is 57.6 cm³/mol. The van der Waals surface area contributed by atoms with Crippen LogP contribution in [0, 0.1) is 11.3 Å². The topological polar surface area (TPSA) is 0 Å². The maximum absolute atomic E-state index is 4.28. The van der Waals surface area contributed by atoms with Crippen molar-refractivity contribution in [3.05, 3.63) is 24.3 Å². The fraction of sp³-hybridized carbons (Fsp3) is 0.692. The molecule has 1 spiro atoms. The molecule has 0 aromatic carbocycles. The van der Waals surface area contributed by atoms with Gasteiger partial charge in [0.15, 0.2) is 0 Å². The second-order valence-electron chi connectivity index (χ2n) is 4.92. The van der Waals surface area contributed by atoms with Crippen molar-refractivity contribution in [2.75, 3.05) is 0 Å². The quantitative estimate of drug-likeness (QED) is 0.528. The average molecular weight is 176 g/mol. The fourth-order valence-electron chi connectivity index (χ4n) is 3.00. The first-order valence-corrected chi connectivity index (χ1v) is 5.50. The summed E-state index contributed by atoms with van der Waals surface area (Å²) in [5.41, 5.74) is 3.42. The first-order valence-electron chi connectivity index (χ1n) is 5.50. The van der Waals surface area contributed by atoms with Gasteiger partial charge in [-0.2, -0.15) is 0 Å². The number of rotatable bonds is 1. The lowest BCUT2D eigenvalue weighted by Gasteiger charge is -2.17. The molecule has 2 unspecified atom stereocenters. The third-order valence-corrected chi connectivity index (χ3v) is 3.98. The van der Waals surface area contributed by atoms with Gasteiger partial charge in [0.1, 0.15) is 0 Å². The van der Waals surface area contributed by atoms with Crippen LogP contribution in [0.25, 0.3) is 0 Å². The number of hydrogen-bond acceptors (Lipinski definition) is 0. The van der Waals surface area contributed by atoms with Gasteiger partial charge < -0.3 is 0 Å². The van der Waals surface area contributed by atoms with E-state index in [1.165, 1.54) is 49.7 Å². The van der Waals surface area contributed by atoms with Crippen LogP contribution in [0.3, 0.4) is 0 Å². The minimum atomic E-state index is 0.516. The van der Waals surface area contributed by atoms with E-state index in [9.17, 15) is 0 Å². The highest BCUT2D eigenvalue weighted by molar-refractivity contribution is 5.30. The SMILES string of the molecule is C=C(C)C1CC12CCCCCC2=C. The van der Waals surface area contributed by atoms with E-state index in [4.69, 9.17) is 0 Å². The Labute approximate surface area is 81.7 Å². The monoisotopic (exact) mass is 176 g/mol. The molecule has 2 rings (SSSR count). The summed E-state index contributed by atoms with van der Waals surface area (Å²) in [5.74, 6) is 0.776. The standard InChI is InChI=1S/C13H20/c1-10(2)12-9-13(12)8-6-4-5-7-11(13)3/h12H,1,3-9H2,2H3. The summed E-state index contributed by atoms with van der Waals surface area (Å²) in [5, 5.41) is 0. The molecule has 0 nitrogen and oxygen atoms in total. The van der Waals surface area contributed by atoms with Crippen molar-refractivity contribution in [3.8, 4) is 0 Å². The van der Waals surface area contributed by atoms with Gasteiger partial charge >= 0.3 is 0 Å². The summed E-state index contributed by atoms with van der Waals surface area (Å²) < 4.78 is 0. The molecule has 0 radical (unpaired) electrons. The summed E-state index contributed by atoms with van der Waals surface area (Å²) in [6.07, 6.45) is 8.17. The van der Waals surface area contributed by atoms with Gasteiger partial charge in [0.2, 0.25) is 0 Å². The highest BCUT2D eigenvalue weighted by Crippen LogP contribution is 2.65. The summed E-state index contributed by atoms with van der Waals surface area (Å²) in [4.78, 5) is 0. The van der Waals surface area contributed by atoms with Crippen LogP contribution in [0.5, 0.6) is 0 Å². The van der Waals surface area contributed by atoms with Crippen molar-refractivity contribution < 1.29 is 0 Å². The molecule has 0 bridgehead atoms. The van der Waals surface area contributed by atoms with Crippen molar-refractivity contribution in [1.29, 1.82) is 0 Å². The van der Waals surface area contributed by atoms with Crippen LogP contribution in [0.1, 0.15) is 45.4 Å². The molecule has 2 saturated carbocycles. The van der Waals surface area contributed by atoms with E-state index in [2.05, 4.69) is 20.1 Å². The largest absolute Gasteiger partial charge is 0.0998 e. The highest BCUT2D eigenvalue weighted by atomic mass is 14.6. The zero-order valence-electron chi connectivity index (χ0n) is 8.73. The van der Waals surface area contributed by atoms with Crippen LogP contribution in [0.15, 0.2) is 24.3 Å². The second-order valence-corrected chi connectivity index (χ2v) is 4.92. The molecule has 2 fully saturated rings. The van der Waals surface area contributed by atoms with Crippen LogP contribution >= 0.6 is 0 Å². The van der Waals surface area contributed by atoms with E-state index in [0.29, 0.717) is 5.41 Å². The lowest BCUT2D eigenvalue weighted by atomic mass is 9.88. The Morgan fingerprint density at radius 3 is 2.77 bits per heavy atom. The Kier molecular flexibility index (Phi) is 2.09. The molecule has 13 heavy (non-hydrogen) atoms.